The third kappa shape index (κ3) is 3.82. The summed E-state index contributed by atoms with van der Waals surface area (Å²) in [5, 5.41) is 11.6. The van der Waals surface area contributed by atoms with Crippen molar-refractivity contribution in [1.82, 2.24) is 10.0 Å². The Labute approximate surface area is 102 Å². The second-order valence-corrected chi connectivity index (χ2v) is 5.45. The monoisotopic (exact) mass is 253 g/mol. The van der Waals surface area contributed by atoms with E-state index >= 15 is 0 Å². The molecular weight excluding hydrogens is 238 g/mol. The molecular formula is C11H15N3O2S. The van der Waals surface area contributed by atoms with Crippen LogP contribution in [0.2, 0.25) is 0 Å². The quantitative estimate of drug-likeness (QED) is 0.798. The van der Waals surface area contributed by atoms with Crippen LogP contribution >= 0.6 is 0 Å². The van der Waals surface area contributed by atoms with Crippen LogP contribution in [0.25, 0.3) is 0 Å². The summed E-state index contributed by atoms with van der Waals surface area (Å²) in [6.45, 7) is 2.17. The molecule has 2 N–H and O–H groups in total. The maximum atomic E-state index is 11.9. The van der Waals surface area contributed by atoms with Crippen LogP contribution in [0.4, 0.5) is 0 Å². The number of nitriles is 1. The Balaban J connectivity index is 2.86. The van der Waals surface area contributed by atoms with Gasteiger partial charge in [-0.3, -0.25) is 0 Å². The molecule has 0 amide bonds. The van der Waals surface area contributed by atoms with Gasteiger partial charge in [0.05, 0.1) is 16.5 Å². The molecule has 1 aromatic carbocycles. The minimum absolute atomic E-state index is 0.0453. The average molecular weight is 253 g/mol. The number of nitrogens with zero attached hydrogens (tertiary/aromatic N) is 1. The van der Waals surface area contributed by atoms with Gasteiger partial charge in [-0.05, 0) is 32.2 Å². The molecule has 0 radical (unpaired) electrons. The molecule has 0 fully saturated rings. The highest BCUT2D eigenvalue weighted by atomic mass is 32.2. The van der Waals surface area contributed by atoms with Crippen molar-refractivity contribution in [2.24, 2.45) is 0 Å². The third-order valence-corrected chi connectivity index (χ3v) is 3.77. The predicted octanol–water partition coefficient (Wildman–Crippen LogP) is 0.444. The summed E-state index contributed by atoms with van der Waals surface area (Å²) in [6, 6.07) is 7.89. The van der Waals surface area contributed by atoms with Gasteiger partial charge < -0.3 is 5.32 Å². The minimum atomic E-state index is -3.54. The topological polar surface area (TPSA) is 82.0 Å². The first-order valence-corrected chi connectivity index (χ1v) is 6.65. The molecule has 0 saturated heterocycles. The molecule has 0 bridgehead atoms. The molecule has 6 heteroatoms. The van der Waals surface area contributed by atoms with E-state index in [1.807, 2.05) is 13.0 Å². The molecule has 1 rings (SSSR count). The molecule has 5 nitrogen and oxygen atoms in total. The second kappa shape index (κ2) is 5.77. The first-order valence-electron chi connectivity index (χ1n) is 5.16. The highest BCUT2D eigenvalue weighted by Gasteiger charge is 2.14. The van der Waals surface area contributed by atoms with Gasteiger partial charge in [-0.25, -0.2) is 13.1 Å². The van der Waals surface area contributed by atoms with Crippen LogP contribution < -0.4 is 10.0 Å². The van der Waals surface area contributed by atoms with E-state index in [2.05, 4.69) is 10.0 Å². The smallest absolute Gasteiger partial charge is 0.240 e. The highest BCUT2D eigenvalue weighted by Crippen LogP contribution is 2.10. The summed E-state index contributed by atoms with van der Waals surface area (Å²) >= 11 is 0. The summed E-state index contributed by atoms with van der Waals surface area (Å²) < 4.78 is 26.2. The Hall–Kier alpha value is -1.42. The normalized spacial score (nSPS) is 13.0. The van der Waals surface area contributed by atoms with Gasteiger partial charge >= 0.3 is 0 Å². The first kappa shape index (κ1) is 13.6. The predicted molar refractivity (Wildman–Crippen MR) is 64.9 cm³/mol. The van der Waals surface area contributed by atoms with E-state index in [1.165, 1.54) is 12.1 Å². The van der Waals surface area contributed by atoms with Crippen molar-refractivity contribution < 1.29 is 8.42 Å². The van der Waals surface area contributed by atoms with Gasteiger partial charge in [-0.2, -0.15) is 5.26 Å². The molecule has 0 saturated carbocycles. The van der Waals surface area contributed by atoms with Crippen molar-refractivity contribution in [3.8, 4) is 6.07 Å². The van der Waals surface area contributed by atoms with E-state index in [4.69, 9.17) is 5.26 Å². The molecule has 1 aromatic rings. The summed E-state index contributed by atoms with van der Waals surface area (Å²) in [5.41, 5.74) is 0.328. The zero-order valence-electron chi connectivity index (χ0n) is 9.77. The van der Waals surface area contributed by atoms with Crippen LogP contribution in [-0.2, 0) is 10.0 Å². The maximum absolute atomic E-state index is 11.9. The summed E-state index contributed by atoms with van der Waals surface area (Å²) in [6.07, 6.45) is 0. The second-order valence-electron chi connectivity index (χ2n) is 3.68. The molecule has 0 spiro atoms. The van der Waals surface area contributed by atoms with Gasteiger partial charge in [0.2, 0.25) is 10.0 Å². The van der Waals surface area contributed by atoms with Gasteiger partial charge in [0.15, 0.2) is 0 Å². The number of likely N-dealkylation sites (N-methyl/N-ethyl adjacent to an activating group) is 1. The lowest BCUT2D eigenvalue weighted by Crippen LogP contribution is -2.37. The Morgan fingerprint density at radius 3 is 2.76 bits per heavy atom. The maximum Gasteiger partial charge on any atom is 0.240 e. The van der Waals surface area contributed by atoms with E-state index in [-0.39, 0.29) is 10.9 Å². The van der Waals surface area contributed by atoms with Gasteiger partial charge in [-0.15, -0.1) is 0 Å². The van der Waals surface area contributed by atoms with E-state index in [9.17, 15) is 8.42 Å². The van der Waals surface area contributed by atoms with Gasteiger partial charge in [0.25, 0.3) is 0 Å². The third-order valence-electron chi connectivity index (χ3n) is 2.35. The molecule has 0 aliphatic rings. The summed E-state index contributed by atoms with van der Waals surface area (Å²) in [7, 11) is -1.78. The van der Waals surface area contributed by atoms with Gasteiger partial charge in [0.1, 0.15) is 0 Å². The standard InChI is InChI=1S/C11H15N3O2S/c1-9(13-2)8-14-17(15,16)11-5-3-4-10(6-11)7-12/h3-6,9,13-14H,8H2,1-2H3. The average Bonchev–Trinajstić information content (AvgIpc) is 2.36. The zero-order valence-corrected chi connectivity index (χ0v) is 10.6. The van der Waals surface area contributed by atoms with E-state index in [0.717, 1.165) is 0 Å². The molecule has 0 aromatic heterocycles. The summed E-state index contributed by atoms with van der Waals surface area (Å²) in [4.78, 5) is 0.111. The van der Waals surface area contributed by atoms with Gasteiger partial charge in [-0.1, -0.05) is 6.07 Å². The Bertz CT molecular complexity index is 520. The Morgan fingerprint density at radius 2 is 2.18 bits per heavy atom. The van der Waals surface area contributed by atoms with Crippen LogP contribution in [0.15, 0.2) is 29.2 Å². The number of sulfonamides is 1. The van der Waals surface area contributed by atoms with Crippen LogP contribution in [0.5, 0.6) is 0 Å². The number of rotatable bonds is 5. The lowest BCUT2D eigenvalue weighted by Gasteiger charge is -2.11. The molecule has 0 aliphatic carbocycles. The molecule has 92 valence electrons. The molecule has 0 aliphatic heterocycles. The van der Waals surface area contributed by atoms with Crippen molar-refractivity contribution >= 4 is 10.0 Å². The van der Waals surface area contributed by atoms with Crippen LogP contribution in [0, 0.1) is 11.3 Å². The largest absolute Gasteiger partial charge is 0.316 e. The first-order chi connectivity index (χ1) is 7.99. The zero-order chi connectivity index (χ0) is 12.9. The fourth-order valence-electron chi connectivity index (χ4n) is 1.15. The minimum Gasteiger partial charge on any atom is -0.316 e. The summed E-state index contributed by atoms with van der Waals surface area (Å²) in [5.74, 6) is 0. The van der Waals surface area contributed by atoms with Crippen molar-refractivity contribution in [1.29, 1.82) is 5.26 Å². The van der Waals surface area contributed by atoms with Crippen molar-refractivity contribution in [3.05, 3.63) is 29.8 Å². The lowest BCUT2D eigenvalue weighted by atomic mass is 10.2. The van der Waals surface area contributed by atoms with Crippen LogP contribution in [-0.4, -0.2) is 28.1 Å². The molecule has 1 atom stereocenters. The van der Waals surface area contributed by atoms with Crippen molar-refractivity contribution in [2.75, 3.05) is 13.6 Å². The highest BCUT2D eigenvalue weighted by molar-refractivity contribution is 7.89. The van der Waals surface area contributed by atoms with E-state index < -0.39 is 10.0 Å². The Kier molecular flexibility index (Phi) is 4.63. The number of hydrogen-bond donors (Lipinski definition) is 2. The molecule has 1 unspecified atom stereocenters. The number of nitrogens with one attached hydrogen (secondary N) is 2. The number of benzene rings is 1. The lowest BCUT2D eigenvalue weighted by molar-refractivity contribution is 0.554. The van der Waals surface area contributed by atoms with Gasteiger partial charge in [0, 0.05) is 12.6 Å². The fourth-order valence-corrected chi connectivity index (χ4v) is 2.33. The van der Waals surface area contributed by atoms with E-state index in [1.54, 1.807) is 19.2 Å². The van der Waals surface area contributed by atoms with Crippen molar-refractivity contribution in [2.45, 2.75) is 17.9 Å². The molecule has 0 heterocycles. The van der Waals surface area contributed by atoms with Crippen LogP contribution in [0.1, 0.15) is 12.5 Å². The van der Waals surface area contributed by atoms with Crippen molar-refractivity contribution in [3.63, 3.8) is 0 Å². The number of hydrogen-bond acceptors (Lipinski definition) is 4. The Morgan fingerprint density at radius 1 is 1.47 bits per heavy atom. The van der Waals surface area contributed by atoms with Crippen LogP contribution in [0.3, 0.4) is 0 Å². The fraction of sp³-hybridized carbons (Fsp3) is 0.364. The van der Waals surface area contributed by atoms with E-state index in [0.29, 0.717) is 12.1 Å². The molecule has 17 heavy (non-hydrogen) atoms. The SMILES string of the molecule is CNC(C)CNS(=O)(=O)c1cccc(C#N)c1.